The van der Waals surface area contributed by atoms with Crippen LogP contribution >= 0.6 is 11.6 Å². The Hall–Kier alpha value is -2.21. The van der Waals surface area contributed by atoms with Gasteiger partial charge in [0, 0.05) is 17.1 Å². The number of amides is 1. The molecule has 0 radical (unpaired) electrons. The van der Waals surface area contributed by atoms with Crippen LogP contribution in [0.2, 0.25) is 5.02 Å². The number of carbonyl (C=O) groups is 2. The maximum absolute atomic E-state index is 13.1. The number of halogens is 1. The van der Waals surface area contributed by atoms with E-state index in [1.807, 2.05) is 13.0 Å². The number of nitrogens with zero attached hydrogens (tertiary/aromatic N) is 1. The first-order valence-corrected chi connectivity index (χ1v) is 9.16. The zero-order chi connectivity index (χ0) is 18.8. The second kappa shape index (κ2) is 7.58. The maximum Gasteiger partial charge on any atom is 0.513 e. The lowest BCUT2D eigenvalue weighted by molar-refractivity contribution is -0.124. The summed E-state index contributed by atoms with van der Waals surface area (Å²) in [6, 6.07) is 3.24. The Balaban J connectivity index is 2.18. The van der Waals surface area contributed by atoms with E-state index in [1.54, 1.807) is 17.9 Å². The van der Waals surface area contributed by atoms with Crippen molar-refractivity contribution >= 4 is 29.2 Å². The van der Waals surface area contributed by atoms with Gasteiger partial charge >= 0.3 is 6.16 Å². The molecule has 1 amide bonds. The van der Waals surface area contributed by atoms with Crippen molar-refractivity contribution in [2.45, 2.75) is 39.2 Å². The molecule has 1 aromatic rings. The summed E-state index contributed by atoms with van der Waals surface area (Å²) >= 11 is 6.18. The number of carbonyl (C=O) groups excluding carboxylic acids is 2. The number of aryl methyl sites for hydroxylation is 1. The number of ether oxygens (including phenoxy) is 3. The number of benzene rings is 1. The van der Waals surface area contributed by atoms with Gasteiger partial charge < -0.3 is 19.1 Å². The van der Waals surface area contributed by atoms with Gasteiger partial charge in [0.1, 0.15) is 11.5 Å². The van der Waals surface area contributed by atoms with Crippen LogP contribution in [0.15, 0.2) is 17.9 Å². The highest BCUT2D eigenvalue weighted by Crippen LogP contribution is 2.44. The third-order valence-corrected chi connectivity index (χ3v) is 4.95. The van der Waals surface area contributed by atoms with Crippen molar-refractivity contribution in [3.8, 4) is 5.75 Å². The molecule has 2 aliphatic rings. The summed E-state index contributed by atoms with van der Waals surface area (Å²) in [5, 5.41) is 0.529. The second-order valence-electron chi connectivity index (χ2n) is 6.18. The normalized spacial score (nSPS) is 19.0. The van der Waals surface area contributed by atoms with Crippen molar-refractivity contribution in [2.75, 3.05) is 20.3 Å². The van der Waals surface area contributed by atoms with E-state index in [2.05, 4.69) is 0 Å². The predicted octanol–water partition coefficient (Wildman–Crippen LogP) is 3.80. The Morgan fingerprint density at radius 3 is 2.77 bits per heavy atom. The van der Waals surface area contributed by atoms with Crippen LogP contribution in [-0.2, 0) is 20.7 Å². The molecule has 0 saturated carbocycles. The van der Waals surface area contributed by atoms with Crippen LogP contribution in [0.3, 0.4) is 0 Å². The quantitative estimate of drug-likeness (QED) is 0.728. The van der Waals surface area contributed by atoms with E-state index in [-0.39, 0.29) is 18.6 Å². The van der Waals surface area contributed by atoms with Crippen LogP contribution in [-0.4, -0.2) is 43.3 Å². The molecule has 1 fully saturated rings. The summed E-state index contributed by atoms with van der Waals surface area (Å²) in [5.74, 6) is 0.687. The monoisotopic (exact) mass is 379 g/mol. The Morgan fingerprint density at radius 2 is 2.12 bits per heavy atom. The minimum Gasteiger partial charge on any atom is -0.496 e. The van der Waals surface area contributed by atoms with E-state index < -0.39 is 6.16 Å². The van der Waals surface area contributed by atoms with Gasteiger partial charge in [-0.15, -0.1) is 0 Å². The van der Waals surface area contributed by atoms with Crippen LogP contribution in [0.25, 0.3) is 5.57 Å². The van der Waals surface area contributed by atoms with Gasteiger partial charge in [-0.2, -0.15) is 0 Å². The Morgan fingerprint density at radius 1 is 1.35 bits per heavy atom. The Labute approximate surface area is 157 Å². The van der Waals surface area contributed by atoms with Gasteiger partial charge in [-0.05, 0) is 43.9 Å². The first-order valence-electron chi connectivity index (χ1n) is 8.78. The van der Waals surface area contributed by atoms with Gasteiger partial charge in [0.25, 0.3) is 5.91 Å². The molecule has 2 heterocycles. The van der Waals surface area contributed by atoms with Crippen molar-refractivity contribution < 1.29 is 23.8 Å². The van der Waals surface area contributed by atoms with Crippen LogP contribution < -0.4 is 4.74 Å². The van der Waals surface area contributed by atoms with Crippen molar-refractivity contribution in [1.29, 1.82) is 0 Å². The second-order valence-corrected chi connectivity index (χ2v) is 6.61. The molecule has 0 aliphatic carbocycles. The average molecular weight is 380 g/mol. The molecule has 3 rings (SSSR count). The molecule has 0 aromatic heterocycles. The zero-order valence-electron chi connectivity index (χ0n) is 15.1. The maximum atomic E-state index is 13.1. The van der Waals surface area contributed by atoms with Crippen LogP contribution in [0.4, 0.5) is 4.79 Å². The van der Waals surface area contributed by atoms with Crippen LogP contribution in [0.1, 0.15) is 37.8 Å². The molecule has 26 heavy (non-hydrogen) atoms. The fraction of sp³-hybridized carbons (Fsp3) is 0.474. The summed E-state index contributed by atoms with van der Waals surface area (Å²) in [6.45, 7) is 4.52. The molecule has 6 nitrogen and oxygen atoms in total. The highest BCUT2D eigenvalue weighted by molar-refractivity contribution is 6.31. The highest BCUT2D eigenvalue weighted by atomic mass is 35.5. The van der Waals surface area contributed by atoms with Crippen molar-refractivity contribution in [3.05, 3.63) is 34.0 Å². The fourth-order valence-electron chi connectivity index (χ4n) is 3.64. The molecule has 0 spiro atoms. The Bertz CT molecular complexity index is 748. The third kappa shape index (κ3) is 3.14. The molecule has 2 aliphatic heterocycles. The number of fused-ring (bicyclic) bond motifs is 1. The number of methoxy groups -OCH3 is 1. The Kier molecular flexibility index (Phi) is 5.41. The molecule has 7 heteroatoms. The molecule has 0 bridgehead atoms. The average Bonchev–Trinajstić information content (AvgIpc) is 3.18. The van der Waals surface area contributed by atoms with E-state index >= 15 is 0 Å². The third-order valence-electron chi connectivity index (χ3n) is 4.73. The highest BCUT2D eigenvalue weighted by Gasteiger charge is 2.46. The van der Waals surface area contributed by atoms with Gasteiger partial charge in [-0.3, -0.25) is 4.79 Å². The number of hydrogen-bond acceptors (Lipinski definition) is 5. The van der Waals surface area contributed by atoms with Crippen molar-refractivity contribution in [2.24, 2.45) is 0 Å². The molecule has 140 valence electrons. The van der Waals surface area contributed by atoms with E-state index in [9.17, 15) is 9.59 Å². The van der Waals surface area contributed by atoms with Gasteiger partial charge in [0.05, 0.1) is 25.3 Å². The summed E-state index contributed by atoms with van der Waals surface area (Å²) < 4.78 is 15.9. The lowest BCUT2D eigenvalue weighted by Crippen LogP contribution is -2.30. The number of hydrogen-bond donors (Lipinski definition) is 0. The van der Waals surface area contributed by atoms with Crippen molar-refractivity contribution in [1.82, 2.24) is 4.90 Å². The van der Waals surface area contributed by atoms with Gasteiger partial charge in [-0.25, -0.2) is 4.79 Å². The van der Waals surface area contributed by atoms with E-state index in [4.69, 9.17) is 25.8 Å². The number of rotatable bonds is 5. The standard InChI is InChI=1S/C19H22ClNO5/c1-4-11-9-12(20)10-14(24-3)15(11)16-17(26-19(23)25-5-2)13-7-6-8-21(13)18(16)22/h9-10,13H,4-8H2,1-3H3. The first kappa shape index (κ1) is 18.6. The lowest BCUT2D eigenvalue weighted by atomic mass is 9.95. The van der Waals surface area contributed by atoms with E-state index in [1.165, 1.54) is 7.11 Å². The minimum atomic E-state index is -0.799. The molecular weight excluding hydrogens is 358 g/mol. The zero-order valence-corrected chi connectivity index (χ0v) is 15.9. The molecule has 0 N–H and O–H groups in total. The minimum absolute atomic E-state index is 0.151. The summed E-state index contributed by atoms with van der Waals surface area (Å²) in [5.41, 5.74) is 1.87. The van der Waals surface area contributed by atoms with Crippen LogP contribution in [0.5, 0.6) is 5.75 Å². The smallest absolute Gasteiger partial charge is 0.496 e. The topological polar surface area (TPSA) is 65.1 Å². The van der Waals surface area contributed by atoms with Gasteiger partial charge in [-0.1, -0.05) is 18.5 Å². The molecule has 1 atom stereocenters. The summed E-state index contributed by atoms with van der Waals surface area (Å²) in [6.07, 6.45) is 1.48. The molecule has 1 aromatic carbocycles. The predicted molar refractivity (Wildman–Crippen MR) is 97.1 cm³/mol. The summed E-state index contributed by atoms with van der Waals surface area (Å²) in [4.78, 5) is 26.8. The SMILES string of the molecule is CCOC(=O)OC1=C(c2c(CC)cc(Cl)cc2OC)C(=O)N2CCCC12. The van der Waals surface area contributed by atoms with Crippen LogP contribution in [0, 0.1) is 0 Å². The van der Waals surface area contributed by atoms with Crippen molar-refractivity contribution in [3.63, 3.8) is 0 Å². The molecular formula is C19H22ClNO5. The van der Waals surface area contributed by atoms with Gasteiger partial charge in [0.2, 0.25) is 0 Å². The fourth-order valence-corrected chi connectivity index (χ4v) is 3.87. The first-order chi connectivity index (χ1) is 12.5. The molecule has 1 saturated heterocycles. The van der Waals surface area contributed by atoms with E-state index in [0.29, 0.717) is 40.6 Å². The molecule has 1 unspecified atom stereocenters. The van der Waals surface area contributed by atoms with E-state index in [0.717, 1.165) is 18.4 Å². The largest absolute Gasteiger partial charge is 0.513 e. The summed E-state index contributed by atoms with van der Waals surface area (Å²) in [7, 11) is 1.53. The van der Waals surface area contributed by atoms with Gasteiger partial charge in [0.15, 0.2) is 0 Å². The lowest BCUT2D eigenvalue weighted by Gasteiger charge is -2.17.